The summed E-state index contributed by atoms with van der Waals surface area (Å²) < 4.78 is 46.1. The molecule has 1 aliphatic heterocycles. The molecular weight excluding hydrogens is 357 g/mol. The van der Waals surface area contributed by atoms with Crippen molar-refractivity contribution < 1.29 is 17.9 Å². The summed E-state index contributed by atoms with van der Waals surface area (Å²) in [4.78, 5) is 6.25. The lowest BCUT2D eigenvalue weighted by Gasteiger charge is -2.29. The molecule has 2 N–H and O–H groups in total. The first-order valence-corrected chi connectivity index (χ1v) is 9.50. The molecule has 0 radical (unpaired) electrons. The third kappa shape index (κ3) is 6.61. The first-order chi connectivity index (χ1) is 13.0. The van der Waals surface area contributed by atoms with E-state index in [1.165, 1.54) is 12.1 Å². The van der Waals surface area contributed by atoms with Crippen LogP contribution in [0.4, 0.5) is 18.9 Å². The number of morpholine rings is 1. The molecule has 5 nitrogen and oxygen atoms in total. The molecule has 1 aliphatic rings. The van der Waals surface area contributed by atoms with E-state index >= 15 is 0 Å². The van der Waals surface area contributed by atoms with Gasteiger partial charge in [0.05, 0.1) is 25.3 Å². The number of hydrogen-bond acceptors (Lipinski definition) is 3. The zero-order chi connectivity index (χ0) is 19.7. The fourth-order valence-corrected chi connectivity index (χ4v) is 2.87. The molecule has 1 heterocycles. The van der Waals surface area contributed by atoms with E-state index < -0.39 is 11.7 Å². The van der Waals surface area contributed by atoms with E-state index in [2.05, 4.69) is 22.5 Å². The van der Waals surface area contributed by atoms with Crippen molar-refractivity contribution in [2.45, 2.75) is 39.4 Å². The number of alkyl halides is 3. The monoisotopic (exact) mass is 386 g/mol. The molecule has 0 atom stereocenters. The molecule has 0 amide bonds. The smallest absolute Gasteiger partial charge is 0.378 e. The first-order valence-electron chi connectivity index (χ1n) is 9.50. The molecule has 0 unspecified atom stereocenters. The van der Waals surface area contributed by atoms with Gasteiger partial charge in [-0.05, 0) is 31.0 Å². The SMILES string of the molecule is CCCCNC(=NCc1ccc(N2CCOCC2)cc1C(F)(F)F)NCC. The largest absolute Gasteiger partial charge is 0.416 e. The molecule has 152 valence electrons. The quantitative estimate of drug-likeness (QED) is 0.428. The Morgan fingerprint density at radius 2 is 1.93 bits per heavy atom. The maximum atomic E-state index is 13.6. The highest BCUT2D eigenvalue weighted by atomic mass is 19.4. The Labute approximate surface area is 159 Å². The van der Waals surface area contributed by atoms with Crippen molar-refractivity contribution in [1.82, 2.24) is 10.6 Å². The summed E-state index contributed by atoms with van der Waals surface area (Å²) in [5.41, 5.74) is 0.123. The van der Waals surface area contributed by atoms with Crippen LogP contribution in [0.25, 0.3) is 0 Å². The molecule has 0 aliphatic carbocycles. The van der Waals surface area contributed by atoms with Gasteiger partial charge in [-0.1, -0.05) is 19.4 Å². The van der Waals surface area contributed by atoms with Gasteiger partial charge < -0.3 is 20.3 Å². The lowest BCUT2D eigenvalue weighted by molar-refractivity contribution is -0.138. The Morgan fingerprint density at radius 1 is 1.19 bits per heavy atom. The average Bonchev–Trinajstić information content (AvgIpc) is 2.66. The van der Waals surface area contributed by atoms with Crippen molar-refractivity contribution >= 4 is 11.6 Å². The number of nitrogens with zero attached hydrogens (tertiary/aromatic N) is 2. The minimum atomic E-state index is -4.42. The predicted molar refractivity (Wildman–Crippen MR) is 102 cm³/mol. The highest BCUT2D eigenvalue weighted by Crippen LogP contribution is 2.35. The van der Waals surface area contributed by atoms with E-state index in [4.69, 9.17) is 4.74 Å². The Kier molecular flexibility index (Phi) is 8.22. The topological polar surface area (TPSA) is 48.9 Å². The van der Waals surface area contributed by atoms with Crippen LogP contribution < -0.4 is 15.5 Å². The molecule has 27 heavy (non-hydrogen) atoms. The summed E-state index contributed by atoms with van der Waals surface area (Å²) in [7, 11) is 0. The molecule has 1 aromatic rings. The second-order valence-electron chi connectivity index (χ2n) is 6.41. The van der Waals surface area contributed by atoms with Crippen LogP contribution in [0.1, 0.15) is 37.8 Å². The van der Waals surface area contributed by atoms with Gasteiger partial charge in [0.25, 0.3) is 0 Å². The minimum absolute atomic E-state index is 0.0281. The summed E-state index contributed by atoms with van der Waals surface area (Å²) in [5, 5.41) is 6.22. The molecule has 0 aromatic heterocycles. The number of halogens is 3. The van der Waals surface area contributed by atoms with Gasteiger partial charge in [-0.3, -0.25) is 0 Å². The van der Waals surface area contributed by atoms with Crippen molar-refractivity contribution in [1.29, 1.82) is 0 Å². The van der Waals surface area contributed by atoms with Crippen LogP contribution >= 0.6 is 0 Å². The Hall–Kier alpha value is -1.96. The zero-order valence-corrected chi connectivity index (χ0v) is 16.0. The Morgan fingerprint density at radius 3 is 2.56 bits per heavy atom. The summed E-state index contributed by atoms with van der Waals surface area (Å²) in [6, 6.07) is 4.50. The summed E-state index contributed by atoms with van der Waals surface area (Å²) >= 11 is 0. The normalized spacial score (nSPS) is 15.7. The van der Waals surface area contributed by atoms with E-state index in [1.54, 1.807) is 6.07 Å². The Balaban J connectivity index is 2.19. The first kappa shape index (κ1) is 21.3. The van der Waals surface area contributed by atoms with Gasteiger partial charge in [0.15, 0.2) is 5.96 Å². The third-order valence-electron chi connectivity index (χ3n) is 4.35. The van der Waals surface area contributed by atoms with Crippen LogP contribution in [0, 0.1) is 0 Å². The molecule has 1 aromatic carbocycles. The number of aliphatic imine (C=N–C) groups is 1. The summed E-state index contributed by atoms with van der Waals surface area (Å²) in [6.45, 7) is 7.63. The number of anilines is 1. The maximum Gasteiger partial charge on any atom is 0.416 e. The van der Waals surface area contributed by atoms with Gasteiger partial charge in [0, 0.05) is 31.9 Å². The van der Waals surface area contributed by atoms with Crippen LogP contribution in [-0.4, -0.2) is 45.4 Å². The zero-order valence-electron chi connectivity index (χ0n) is 16.0. The summed E-state index contributed by atoms with van der Waals surface area (Å²) in [5.74, 6) is 0.538. The number of hydrogen-bond donors (Lipinski definition) is 2. The number of ether oxygens (including phenoxy) is 1. The fourth-order valence-electron chi connectivity index (χ4n) is 2.87. The van der Waals surface area contributed by atoms with E-state index in [9.17, 15) is 13.2 Å². The highest BCUT2D eigenvalue weighted by Gasteiger charge is 2.34. The van der Waals surface area contributed by atoms with Crippen molar-refractivity contribution in [3.8, 4) is 0 Å². The predicted octanol–water partition coefficient (Wildman–Crippen LogP) is 3.40. The van der Waals surface area contributed by atoms with Crippen molar-refractivity contribution in [2.24, 2.45) is 4.99 Å². The lowest BCUT2D eigenvalue weighted by Crippen LogP contribution is -2.37. The second-order valence-corrected chi connectivity index (χ2v) is 6.41. The molecule has 2 rings (SSSR count). The van der Waals surface area contributed by atoms with Crippen LogP contribution in [0.5, 0.6) is 0 Å². The molecule has 0 spiro atoms. The molecule has 1 saturated heterocycles. The van der Waals surface area contributed by atoms with E-state index in [0.717, 1.165) is 19.4 Å². The third-order valence-corrected chi connectivity index (χ3v) is 4.35. The molecule has 0 saturated carbocycles. The standard InChI is InChI=1S/C19H29F3N4O/c1-3-5-8-24-18(23-4-2)25-14-15-6-7-16(13-17(15)19(20,21)22)26-9-11-27-12-10-26/h6-7,13H,3-5,8-12,14H2,1-2H3,(H2,23,24,25). The van der Waals surface area contributed by atoms with Gasteiger partial charge in [0.1, 0.15) is 0 Å². The van der Waals surface area contributed by atoms with Crippen molar-refractivity contribution in [3.63, 3.8) is 0 Å². The average molecular weight is 386 g/mol. The molecule has 1 fully saturated rings. The number of benzene rings is 1. The van der Waals surface area contributed by atoms with Crippen LogP contribution in [0.3, 0.4) is 0 Å². The van der Waals surface area contributed by atoms with Gasteiger partial charge in [-0.25, -0.2) is 4.99 Å². The van der Waals surface area contributed by atoms with Gasteiger partial charge >= 0.3 is 6.18 Å². The van der Waals surface area contributed by atoms with E-state index in [1.807, 2.05) is 11.8 Å². The van der Waals surface area contributed by atoms with Gasteiger partial charge in [0.2, 0.25) is 0 Å². The number of unbranched alkanes of at least 4 members (excludes halogenated alkanes) is 1. The Bertz CT molecular complexity index is 613. The van der Waals surface area contributed by atoms with E-state index in [-0.39, 0.29) is 12.1 Å². The number of rotatable bonds is 7. The highest BCUT2D eigenvalue weighted by molar-refractivity contribution is 5.79. The fraction of sp³-hybridized carbons (Fsp3) is 0.632. The van der Waals surface area contributed by atoms with Crippen LogP contribution in [0.15, 0.2) is 23.2 Å². The van der Waals surface area contributed by atoms with Crippen LogP contribution in [-0.2, 0) is 17.5 Å². The molecule has 0 bridgehead atoms. The van der Waals surface area contributed by atoms with Crippen LogP contribution in [0.2, 0.25) is 0 Å². The number of nitrogens with one attached hydrogen (secondary N) is 2. The summed E-state index contributed by atoms with van der Waals surface area (Å²) in [6.07, 6.45) is -2.40. The van der Waals surface area contributed by atoms with Crippen molar-refractivity contribution in [2.75, 3.05) is 44.3 Å². The molecule has 8 heteroatoms. The molecular formula is C19H29F3N4O. The van der Waals surface area contributed by atoms with Crippen molar-refractivity contribution in [3.05, 3.63) is 29.3 Å². The number of guanidine groups is 1. The van der Waals surface area contributed by atoms with E-state index in [0.29, 0.717) is 44.5 Å². The second kappa shape index (κ2) is 10.4. The van der Waals surface area contributed by atoms with Gasteiger partial charge in [-0.15, -0.1) is 0 Å². The van der Waals surface area contributed by atoms with Gasteiger partial charge in [-0.2, -0.15) is 13.2 Å². The maximum absolute atomic E-state index is 13.6. The lowest BCUT2D eigenvalue weighted by atomic mass is 10.1. The minimum Gasteiger partial charge on any atom is -0.378 e.